The predicted octanol–water partition coefficient (Wildman–Crippen LogP) is 8.54. The van der Waals surface area contributed by atoms with Gasteiger partial charge in [0.2, 0.25) is 0 Å². The van der Waals surface area contributed by atoms with Gasteiger partial charge < -0.3 is 14.3 Å². The van der Waals surface area contributed by atoms with E-state index in [0.29, 0.717) is 17.4 Å². The van der Waals surface area contributed by atoms with Crippen molar-refractivity contribution in [3.05, 3.63) is 0 Å². The van der Waals surface area contributed by atoms with Crippen molar-refractivity contribution in [2.75, 3.05) is 27.7 Å². The van der Waals surface area contributed by atoms with Crippen LogP contribution in [0.4, 0.5) is 0 Å². The third kappa shape index (κ3) is 26.0. The SMILES string of the molecule is CCCCCCCCCCCC(C)CCCCCCCCCCC(=O)OC(CC(=O)O)C[N+](C)(C)C. The van der Waals surface area contributed by atoms with Crippen LogP contribution in [0.25, 0.3) is 0 Å². The molecule has 0 aliphatic carbocycles. The van der Waals surface area contributed by atoms with Gasteiger partial charge in [0.25, 0.3) is 0 Å². The molecule has 36 heavy (non-hydrogen) atoms. The van der Waals surface area contributed by atoms with Crippen molar-refractivity contribution in [3.8, 4) is 0 Å². The molecule has 0 rings (SSSR count). The van der Waals surface area contributed by atoms with Crippen molar-refractivity contribution in [2.45, 2.75) is 155 Å². The number of carbonyl (C=O) groups is 2. The van der Waals surface area contributed by atoms with Gasteiger partial charge in [0.15, 0.2) is 6.10 Å². The summed E-state index contributed by atoms with van der Waals surface area (Å²) < 4.78 is 6.02. The number of quaternary nitrogens is 1. The molecule has 0 heterocycles. The van der Waals surface area contributed by atoms with Gasteiger partial charge in [0.1, 0.15) is 6.54 Å². The molecule has 0 aromatic heterocycles. The third-order valence-corrected chi connectivity index (χ3v) is 7.08. The second-order valence-electron chi connectivity index (χ2n) is 12.3. The minimum absolute atomic E-state index is 0.126. The molecular weight excluding hydrogens is 450 g/mol. The highest BCUT2D eigenvalue weighted by molar-refractivity contribution is 5.71. The molecule has 0 aliphatic rings. The van der Waals surface area contributed by atoms with E-state index >= 15 is 0 Å². The molecule has 0 spiro atoms. The molecule has 0 fully saturated rings. The molecule has 0 saturated heterocycles. The summed E-state index contributed by atoms with van der Waals surface area (Å²) in [6.07, 6.45) is 24.9. The van der Waals surface area contributed by atoms with Crippen LogP contribution in [-0.4, -0.2) is 55.3 Å². The van der Waals surface area contributed by atoms with Crippen molar-refractivity contribution >= 4 is 11.9 Å². The predicted molar refractivity (Wildman–Crippen MR) is 152 cm³/mol. The van der Waals surface area contributed by atoms with Gasteiger partial charge in [-0.25, -0.2) is 0 Å². The molecule has 0 radical (unpaired) electrons. The molecule has 0 aromatic rings. The molecule has 0 aromatic carbocycles. The quantitative estimate of drug-likeness (QED) is 0.0716. The summed E-state index contributed by atoms with van der Waals surface area (Å²) in [7, 11) is 5.92. The van der Waals surface area contributed by atoms with E-state index in [9.17, 15) is 9.59 Å². The van der Waals surface area contributed by atoms with Gasteiger partial charge >= 0.3 is 11.9 Å². The highest BCUT2D eigenvalue weighted by Crippen LogP contribution is 2.19. The lowest BCUT2D eigenvalue weighted by molar-refractivity contribution is -0.873. The summed E-state index contributed by atoms with van der Waals surface area (Å²) in [6, 6.07) is 0. The summed E-state index contributed by atoms with van der Waals surface area (Å²) in [5.41, 5.74) is 0. The van der Waals surface area contributed by atoms with E-state index in [1.165, 1.54) is 109 Å². The number of rotatable bonds is 26. The van der Waals surface area contributed by atoms with Crippen molar-refractivity contribution in [1.82, 2.24) is 0 Å². The summed E-state index contributed by atoms with van der Waals surface area (Å²) in [4.78, 5) is 23.2. The second-order valence-corrected chi connectivity index (χ2v) is 12.3. The maximum atomic E-state index is 12.1. The molecule has 5 heteroatoms. The molecule has 0 aliphatic heterocycles. The molecule has 2 unspecified atom stereocenters. The van der Waals surface area contributed by atoms with E-state index in [-0.39, 0.29) is 12.4 Å². The van der Waals surface area contributed by atoms with Crippen LogP contribution in [0.1, 0.15) is 149 Å². The number of esters is 1. The smallest absolute Gasteiger partial charge is 0.307 e. The van der Waals surface area contributed by atoms with Gasteiger partial charge in [-0.15, -0.1) is 0 Å². The zero-order valence-electron chi connectivity index (χ0n) is 24.8. The van der Waals surface area contributed by atoms with Crippen molar-refractivity contribution in [2.24, 2.45) is 5.92 Å². The lowest BCUT2D eigenvalue weighted by Crippen LogP contribution is -2.43. The molecule has 0 saturated carbocycles. The minimum Gasteiger partial charge on any atom is -0.481 e. The Labute approximate surface area is 224 Å². The Morgan fingerprint density at radius 2 is 1.11 bits per heavy atom. The minimum atomic E-state index is -0.922. The fourth-order valence-electron chi connectivity index (χ4n) is 4.96. The number of likely N-dealkylation sites (N-methyl/N-ethyl adjacent to an activating group) is 1. The summed E-state index contributed by atoms with van der Waals surface area (Å²) in [5.74, 6) is -0.299. The molecule has 5 nitrogen and oxygen atoms in total. The van der Waals surface area contributed by atoms with Crippen LogP contribution in [0, 0.1) is 5.92 Å². The molecule has 0 bridgehead atoms. The molecule has 1 N–H and O–H groups in total. The Morgan fingerprint density at radius 1 is 0.694 bits per heavy atom. The number of hydrogen-bond acceptors (Lipinski definition) is 3. The lowest BCUT2D eigenvalue weighted by Gasteiger charge is -2.28. The normalized spacial score (nSPS) is 13.5. The van der Waals surface area contributed by atoms with Gasteiger partial charge in [0.05, 0.1) is 27.6 Å². The van der Waals surface area contributed by atoms with E-state index in [2.05, 4.69) is 13.8 Å². The zero-order chi connectivity index (χ0) is 27.1. The van der Waals surface area contributed by atoms with E-state index in [1.54, 1.807) is 0 Å². The largest absolute Gasteiger partial charge is 0.481 e. The van der Waals surface area contributed by atoms with E-state index in [1.807, 2.05) is 21.1 Å². The molecule has 214 valence electrons. The average molecular weight is 513 g/mol. The standard InChI is InChI=1S/C31H61NO4/c1-6-7-8-9-10-11-14-17-20-23-28(2)24-21-18-15-12-13-16-19-22-25-31(35)36-29(26-30(33)34)27-32(3,4)5/h28-29H,6-27H2,1-5H3/p+1. The summed E-state index contributed by atoms with van der Waals surface area (Å²) in [6.45, 7) is 5.23. The molecular formula is C31H62NO4+. The highest BCUT2D eigenvalue weighted by atomic mass is 16.5. The summed E-state index contributed by atoms with van der Waals surface area (Å²) in [5, 5.41) is 9.06. The number of hydrogen-bond donors (Lipinski definition) is 1. The Morgan fingerprint density at radius 3 is 1.53 bits per heavy atom. The van der Waals surface area contributed by atoms with Gasteiger partial charge in [-0.3, -0.25) is 9.59 Å². The third-order valence-electron chi connectivity index (χ3n) is 7.08. The number of unbranched alkanes of at least 4 members (excludes halogenated alkanes) is 15. The topological polar surface area (TPSA) is 63.6 Å². The maximum absolute atomic E-state index is 12.1. The first kappa shape index (κ1) is 34.9. The van der Waals surface area contributed by atoms with Gasteiger partial charge in [-0.1, -0.05) is 129 Å². The fourth-order valence-corrected chi connectivity index (χ4v) is 4.96. The number of nitrogens with zero attached hydrogens (tertiary/aromatic N) is 1. The van der Waals surface area contributed by atoms with Gasteiger partial charge in [-0.05, 0) is 12.3 Å². The van der Waals surface area contributed by atoms with Crippen LogP contribution in [0.2, 0.25) is 0 Å². The summed E-state index contributed by atoms with van der Waals surface area (Å²) >= 11 is 0. The Bertz CT molecular complexity index is 529. The van der Waals surface area contributed by atoms with Crippen LogP contribution in [-0.2, 0) is 14.3 Å². The van der Waals surface area contributed by atoms with E-state index in [0.717, 1.165) is 18.8 Å². The van der Waals surface area contributed by atoms with Gasteiger partial charge in [-0.2, -0.15) is 0 Å². The number of carbonyl (C=O) groups excluding carboxylic acids is 1. The first-order valence-electron chi connectivity index (χ1n) is 15.4. The number of ether oxygens (including phenoxy) is 1. The Hall–Kier alpha value is -1.10. The monoisotopic (exact) mass is 512 g/mol. The average Bonchev–Trinajstić information content (AvgIpc) is 2.77. The van der Waals surface area contributed by atoms with Crippen molar-refractivity contribution < 1.29 is 23.9 Å². The van der Waals surface area contributed by atoms with Crippen molar-refractivity contribution in [3.63, 3.8) is 0 Å². The highest BCUT2D eigenvalue weighted by Gasteiger charge is 2.24. The van der Waals surface area contributed by atoms with Crippen molar-refractivity contribution in [1.29, 1.82) is 0 Å². The molecule has 2 atom stereocenters. The van der Waals surface area contributed by atoms with Crippen LogP contribution in [0.3, 0.4) is 0 Å². The first-order valence-corrected chi connectivity index (χ1v) is 15.4. The Balaban J connectivity index is 3.54. The van der Waals surface area contributed by atoms with Crippen LogP contribution in [0.5, 0.6) is 0 Å². The number of aliphatic carboxylic acids is 1. The van der Waals surface area contributed by atoms with Gasteiger partial charge in [0, 0.05) is 6.42 Å². The first-order chi connectivity index (χ1) is 17.1. The van der Waals surface area contributed by atoms with Crippen LogP contribution in [0.15, 0.2) is 0 Å². The fraction of sp³-hybridized carbons (Fsp3) is 0.935. The second kappa shape index (κ2) is 23.0. The van der Waals surface area contributed by atoms with Crippen LogP contribution < -0.4 is 0 Å². The zero-order valence-corrected chi connectivity index (χ0v) is 24.8. The molecule has 0 amide bonds. The number of carboxylic acid groups (broad SMARTS) is 1. The Kier molecular flexibility index (Phi) is 22.3. The van der Waals surface area contributed by atoms with E-state index < -0.39 is 12.1 Å². The maximum Gasteiger partial charge on any atom is 0.307 e. The van der Waals surface area contributed by atoms with Crippen LogP contribution >= 0.6 is 0 Å². The van der Waals surface area contributed by atoms with E-state index in [4.69, 9.17) is 9.84 Å². The number of carboxylic acids is 1. The lowest BCUT2D eigenvalue weighted by atomic mass is 9.95.